The summed E-state index contributed by atoms with van der Waals surface area (Å²) in [5, 5.41) is 5.72. The van der Waals surface area contributed by atoms with Gasteiger partial charge in [0.25, 0.3) is 0 Å². The number of para-hydroxylation sites is 1. The zero-order valence-corrected chi connectivity index (χ0v) is 9.49. The molecule has 0 atom stereocenters. The zero-order valence-electron chi connectivity index (χ0n) is 9.49. The van der Waals surface area contributed by atoms with Gasteiger partial charge in [0, 0.05) is 12.4 Å². The second kappa shape index (κ2) is 3.54. The van der Waals surface area contributed by atoms with Crippen molar-refractivity contribution in [2.24, 2.45) is 13.0 Å². The Morgan fingerprint density at radius 3 is 2.67 bits per heavy atom. The third kappa shape index (κ3) is 1.56. The minimum atomic E-state index is 0.434. The lowest BCUT2D eigenvalue weighted by Gasteiger charge is -2.05. The standard InChI is InChI=1S/C13H16N2/c1-9(2)10(3)13-11-7-5-6-8-12(11)15(4)14-13/h5-9H,3H2,1-2,4H3. The van der Waals surface area contributed by atoms with Gasteiger partial charge in [0.05, 0.1) is 11.2 Å². The molecule has 0 saturated carbocycles. The third-order valence-electron chi connectivity index (χ3n) is 2.76. The molecule has 0 N–H and O–H groups in total. The number of benzene rings is 1. The van der Waals surface area contributed by atoms with E-state index in [0.29, 0.717) is 5.92 Å². The first kappa shape index (κ1) is 9.97. The topological polar surface area (TPSA) is 17.8 Å². The van der Waals surface area contributed by atoms with E-state index in [2.05, 4.69) is 37.7 Å². The van der Waals surface area contributed by atoms with Crippen molar-refractivity contribution < 1.29 is 0 Å². The molecule has 15 heavy (non-hydrogen) atoms. The van der Waals surface area contributed by atoms with E-state index < -0.39 is 0 Å². The van der Waals surface area contributed by atoms with E-state index in [4.69, 9.17) is 0 Å². The molecule has 0 saturated heterocycles. The fourth-order valence-corrected chi connectivity index (χ4v) is 1.72. The molecule has 0 bridgehead atoms. The summed E-state index contributed by atoms with van der Waals surface area (Å²) in [6.45, 7) is 8.40. The Morgan fingerprint density at radius 2 is 2.00 bits per heavy atom. The van der Waals surface area contributed by atoms with Crippen LogP contribution in [0.1, 0.15) is 19.5 Å². The third-order valence-corrected chi connectivity index (χ3v) is 2.76. The molecule has 0 aliphatic carbocycles. The maximum Gasteiger partial charge on any atom is 0.0958 e. The second-order valence-corrected chi connectivity index (χ2v) is 4.17. The first-order valence-electron chi connectivity index (χ1n) is 5.22. The Labute approximate surface area is 90.2 Å². The number of hydrogen-bond acceptors (Lipinski definition) is 1. The highest BCUT2D eigenvalue weighted by Crippen LogP contribution is 2.27. The fraction of sp³-hybridized carbons (Fsp3) is 0.308. The van der Waals surface area contributed by atoms with Crippen LogP contribution in [0, 0.1) is 5.92 Å². The molecule has 2 rings (SSSR count). The number of fused-ring (bicyclic) bond motifs is 1. The Balaban J connectivity index is 2.67. The number of rotatable bonds is 2. The first-order valence-corrected chi connectivity index (χ1v) is 5.22. The van der Waals surface area contributed by atoms with Crippen molar-refractivity contribution in [2.45, 2.75) is 13.8 Å². The van der Waals surface area contributed by atoms with E-state index in [1.165, 1.54) is 5.39 Å². The molecule has 0 fully saturated rings. The van der Waals surface area contributed by atoms with Crippen LogP contribution in [0.25, 0.3) is 16.5 Å². The molecular weight excluding hydrogens is 184 g/mol. The summed E-state index contributed by atoms with van der Waals surface area (Å²) >= 11 is 0. The molecule has 78 valence electrons. The van der Waals surface area contributed by atoms with Gasteiger partial charge in [0.1, 0.15) is 0 Å². The first-order chi connectivity index (χ1) is 7.11. The Morgan fingerprint density at radius 1 is 1.33 bits per heavy atom. The van der Waals surface area contributed by atoms with Gasteiger partial charge in [0.2, 0.25) is 0 Å². The van der Waals surface area contributed by atoms with Crippen LogP contribution in [0.5, 0.6) is 0 Å². The van der Waals surface area contributed by atoms with Crippen molar-refractivity contribution in [3.8, 4) is 0 Å². The van der Waals surface area contributed by atoms with Crippen molar-refractivity contribution in [3.05, 3.63) is 36.5 Å². The van der Waals surface area contributed by atoms with E-state index >= 15 is 0 Å². The number of aryl methyl sites for hydroxylation is 1. The molecule has 2 heteroatoms. The molecule has 0 spiro atoms. The van der Waals surface area contributed by atoms with Gasteiger partial charge >= 0.3 is 0 Å². The SMILES string of the molecule is C=C(c1nn(C)c2ccccc12)C(C)C. The summed E-state index contributed by atoms with van der Waals surface area (Å²) in [5.74, 6) is 0.434. The molecule has 2 nitrogen and oxygen atoms in total. The molecule has 0 radical (unpaired) electrons. The lowest BCUT2D eigenvalue weighted by atomic mass is 10.00. The van der Waals surface area contributed by atoms with Crippen LogP contribution in [0.2, 0.25) is 0 Å². The number of hydrogen-bond donors (Lipinski definition) is 0. The highest BCUT2D eigenvalue weighted by Gasteiger charge is 2.12. The molecule has 1 aromatic carbocycles. The predicted molar refractivity (Wildman–Crippen MR) is 64.6 cm³/mol. The lowest BCUT2D eigenvalue weighted by Crippen LogP contribution is -1.95. The molecule has 0 amide bonds. The van der Waals surface area contributed by atoms with Crippen LogP contribution in [-0.2, 0) is 7.05 Å². The zero-order chi connectivity index (χ0) is 11.0. The van der Waals surface area contributed by atoms with Crippen LogP contribution in [0.3, 0.4) is 0 Å². The van der Waals surface area contributed by atoms with Gasteiger partial charge in [0.15, 0.2) is 0 Å². The average molecular weight is 200 g/mol. The Bertz CT molecular complexity index is 506. The van der Waals surface area contributed by atoms with Crippen LogP contribution in [0.15, 0.2) is 30.8 Å². The van der Waals surface area contributed by atoms with Gasteiger partial charge in [-0.05, 0) is 17.6 Å². The van der Waals surface area contributed by atoms with Crippen molar-refractivity contribution in [1.82, 2.24) is 9.78 Å². The van der Waals surface area contributed by atoms with Crippen LogP contribution in [0.4, 0.5) is 0 Å². The normalized spacial score (nSPS) is 11.2. The largest absolute Gasteiger partial charge is 0.267 e. The fourth-order valence-electron chi connectivity index (χ4n) is 1.72. The van der Waals surface area contributed by atoms with Crippen LogP contribution < -0.4 is 0 Å². The molecule has 0 aliphatic rings. The van der Waals surface area contributed by atoms with E-state index in [0.717, 1.165) is 16.8 Å². The predicted octanol–water partition coefficient (Wildman–Crippen LogP) is 3.24. The summed E-state index contributed by atoms with van der Waals surface area (Å²) in [6, 6.07) is 8.26. The average Bonchev–Trinajstić information content (AvgIpc) is 2.56. The van der Waals surface area contributed by atoms with Gasteiger partial charge in [-0.3, -0.25) is 4.68 Å². The molecule has 1 aromatic heterocycles. The number of nitrogens with zero attached hydrogens (tertiary/aromatic N) is 2. The molecule has 2 aromatic rings. The maximum absolute atomic E-state index is 4.53. The summed E-state index contributed by atoms with van der Waals surface area (Å²) in [4.78, 5) is 0. The van der Waals surface area contributed by atoms with E-state index in [1.807, 2.05) is 23.9 Å². The van der Waals surface area contributed by atoms with E-state index in [-0.39, 0.29) is 0 Å². The highest BCUT2D eigenvalue weighted by molar-refractivity contribution is 5.90. The Hall–Kier alpha value is -1.57. The van der Waals surface area contributed by atoms with Crippen molar-refractivity contribution >= 4 is 16.5 Å². The van der Waals surface area contributed by atoms with Gasteiger partial charge in [-0.15, -0.1) is 0 Å². The van der Waals surface area contributed by atoms with Crippen molar-refractivity contribution in [2.75, 3.05) is 0 Å². The second-order valence-electron chi connectivity index (χ2n) is 4.17. The van der Waals surface area contributed by atoms with Crippen molar-refractivity contribution in [3.63, 3.8) is 0 Å². The monoisotopic (exact) mass is 200 g/mol. The number of aromatic nitrogens is 2. The van der Waals surface area contributed by atoms with Gasteiger partial charge in [-0.1, -0.05) is 38.6 Å². The van der Waals surface area contributed by atoms with Crippen LogP contribution >= 0.6 is 0 Å². The van der Waals surface area contributed by atoms with E-state index in [1.54, 1.807) is 0 Å². The highest BCUT2D eigenvalue weighted by atomic mass is 15.3. The van der Waals surface area contributed by atoms with Gasteiger partial charge < -0.3 is 0 Å². The summed E-state index contributed by atoms with van der Waals surface area (Å²) < 4.78 is 1.91. The van der Waals surface area contributed by atoms with Gasteiger partial charge in [-0.2, -0.15) is 5.10 Å². The smallest absolute Gasteiger partial charge is 0.0958 e. The summed E-state index contributed by atoms with van der Waals surface area (Å²) in [5.41, 5.74) is 3.30. The molecule has 0 aliphatic heterocycles. The summed E-state index contributed by atoms with van der Waals surface area (Å²) in [6.07, 6.45) is 0. The lowest BCUT2D eigenvalue weighted by molar-refractivity contribution is 0.777. The maximum atomic E-state index is 4.53. The van der Waals surface area contributed by atoms with Crippen molar-refractivity contribution in [1.29, 1.82) is 0 Å². The van der Waals surface area contributed by atoms with E-state index in [9.17, 15) is 0 Å². The minimum absolute atomic E-state index is 0.434. The molecule has 1 heterocycles. The molecular formula is C13H16N2. The van der Waals surface area contributed by atoms with Gasteiger partial charge in [-0.25, -0.2) is 0 Å². The number of allylic oxidation sites excluding steroid dienone is 1. The minimum Gasteiger partial charge on any atom is -0.267 e. The molecule has 0 unspecified atom stereocenters. The van der Waals surface area contributed by atoms with Crippen LogP contribution in [-0.4, -0.2) is 9.78 Å². The quantitative estimate of drug-likeness (QED) is 0.727. The Kier molecular flexibility index (Phi) is 2.35. The summed E-state index contributed by atoms with van der Waals surface area (Å²) in [7, 11) is 1.97.